The van der Waals surface area contributed by atoms with Gasteiger partial charge in [0.15, 0.2) is 0 Å². The maximum absolute atomic E-state index is 13.2. The molecule has 2 aromatic rings. The largest absolute Gasteiger partial charge is 0.311 e. The Kier molecular flexibility index (Phi) is 4.32. The fourth-order valence-corrected chi connectivity index (χ4v) is 2.30. The van der Waals surface area contributed by atoms with Gasteiger partial charge < -0.3 is 5.32 Å². The van der Waals surface area contributed by atoms with Gasteiger partial charge in [0.25, 0.3) is 0 Å². The van der Waals surface area contributed by atoms with Crippen molar-refractivity contribution in [2.45, 2.75) is 25.8 Å². The monoisotopic (exact) mass is 261 g/mol. The zero-order valence-electron chi connectivity index (χ0n) is 11.7. The van der Waals surface area contributed by atoms with Crippen molar-refractivity contribution in [1.29, 1.82) is 0 Å². The molecule has 4 heteroatoms. The second kappa shape index (κ2) is 5.97. The SMILES string of the molecule is CCc1cc(C(Cc2cccc(F)c2)NC)n(C)n1. The van der Waals surface area contributed by atoms with Crippen LogP contribution >= 0.6 is 0 Å². The number of aryl methyl sites for hydroxylation is 2. The Morgan fingerprint density at radius 3 is 2.74 bits per heavy atom. The Balaban J connectivity index is 2.22. The molecule has 0 fully saturated rings. The number of nitrogens with zero attached hydrogens (tertiary/aromatic N) is 2. The fourth-order valence-electron chi connectivity index (χ4n) is 2.30. The Labute approximate surface area is 113 Å². The molecule has 0 saturated heterocycles. The molecule has 0 aliphatic rings. The zero-order valence-corrected chi connectivity index (χ0v) is 11.7. The van der Waals surface area contributed by atoms with Gasteiger partial charge in [0.1, 0.15) is 5.82 Å². The van der Waals surface area contributed by atoms with Gasteiger partial charge in [-0.25, -0.2) is 4.39 Å². The van der Waals surface area contributed by atoms with Crippen molar-refractivity contribution >= 4 is 0 Å². The molecule has 0 saturated carbocycles. The fraction of sp³-hybridized carbons (Fsp3) is 0.400. The predicted octanol–water partition coefficient (Wildman–Crippen LogP) is 2.62. The molecule has 0 bridgehead atoms. The number of hydrogen-bond donors (Lipinski definition) is 1. The van der Waals surface area contributed by atoms with E-state index in [1.54, 1.807) is 12.1 Å². The van der Waals surface area contributed by atoms with Crippen LogP contribution in [0.1, 0.15) is 29.9 Å². The minimum Gasteiger partial charge on any atom is -0.311 e. The molecule has 1 aromatic heterocycles. The summed E-state index contributed by atoms with van der Waals surface area (Å²) in [4.78, 5) is 0. The smallest absolute Gasteiger partial charge is 0.123 e. The predicted molar refractivity (Wildman–Crippen MR) is 74.5 cm³/mol. The lowest BCUT2D eigenvalue weighted by Gasteiger charge is -2.16. The summed E-state index contributed by atoms with van der Waals surface area (Å²) in [5, 5.41) is 7.74. The molecule has 1 atom stereocenters. The molecule has 1 unspecified atom stereocenters. The second-order valence-electron chi connectivity index (χ2n) is 4.71. The lowest BCUT2D eigenvalue weighted by molar-refractivity contribution is 0.534. The number of hydrogen-bond acceptors (Lipinski definition) is 2. The zero-order chi connectivity index (χ0) is 13.8. The Morgan fingerprint density at radius 2 is 2.16 bits per heavy atom. The maximum atomic E-state index is 13.2. The summed E-state index contributed by atoms with van der Waals surface area (Å²) in [5.74, 6) is -0.188. The van der Waals surface area contributed by atoms with Crippen LogP contribution in [0.3, 0.4) is 0 Å². The van der Waals surface area contributed by atoms with Crippen LogP contribution in [-0.2, 0) is 19.9 Å². The highest BCUT2D eigenvalue weighted by atomic mass is 19.1. The van der Waals surface area contributed by atoms with Crippen molar-refractivity contribution in [3.8, 4) is 0 Å². The highest BCUT2D eigenvalue weighted by Gasteiger charge is 2.15. The molecule has 0 aliphatic heterocycles. The van der Waals surface area contributed by atoms with Gasteiger partial charge in [-0.15, -0.1) is 0 Å². The molecule has 1 aromatic carbocycles. The van der Waals surface area contributed by atoms with Crippen LogP contribution in [0.5, 0.6) is 0 Å². The normalized spacial score (nSPS) is 12.6. The first-order valence-corrected chi connectivity index (χ1v) is 6.58. The molecular formula is C15H20FN3. The van der Waals surface area contributed by atoms with E-state index in [0.29, 0.717) is 0 Å². The molecule has 19 heavy (non-hydrogen) atoms. The van der Waals surface area contributed by atoms with Gasteiger partial charge in [0.2, 0.25) is 0 Å². The number of rotatable bonds is 5. The number of likely N-dealkylation sites (N-methyl/N-ethyl adjacent to an activating group) is 1. The van der Waals surface area contributed by atoms with Crippen LogP contribution in [0.25, 0.3) is 0 Å². The summed E-state index contributed by atoms with van der Waals surface area (Å²) in [7, 11) is 3.87. The summed E-state index contributed by atoms with van der Waals surface area (Å²) in [6, 6.07) is 9.00. The lowest BCUT2D eigenvalue weighted by atomic mass is 10.0. The highest BCUT2D eigenvalue weighted by molar-refractivity contribution is 5.21. The first-order chi connectivity index (χ1) is 9.13. The molecule has 102 valence electrons. The third-order valence-electron chi connectivity index (χ3n) is 3.36. The summed E-state index contributed by atoms with van der Waals surface area (Å²) < 4.78 is 15.1. The number of halogens is 1. The van der Waals surface area contributed by atoms with Crippen molar-refractivity contribution in [3.05, 3.63) is 53.1 Å². The molecular weight excluding hydrogens is 241 g/mol. The summed E-state index contributed by atoms with van der Waals surface area (Å²) in [6.07, 6.45) is 1.67. The van der Waals surface area contributed by atoms with Crippen LogP contribution in [-0.4, -0.2) is 16.8 Å². The van der Waals surface area contributed by atoms with E-state index in [9.17, 15) is 4.39 Å². The first kappa shape index (κ1) is 13.7. The molecule has 2 rings (SSSR count). The Hall–Kier alpha value is -1.68. The van der Waals surface area contributed by atoms with E-state index in [2.05, 4.69) is 23.4 Å². The van der Waals surface area contributed by atoms with Crippen molar-refractivity contribution in [3.63, 3.8) is 0 Å². The van der Waals surface area contributed by atoms with Gasteiger partial charge in [-0.2, -0.15) is 5.10 Å². The molecule has 0 aliphatic carbocycles. The van der Waals surface area contributed by atoms with Gasteiger partial charge in [0, 0.05) is 7.05 Å². The van der Waals surface area contributed by atoms with Crippen LogP contribution < -0.4 is 5.32 Å². The van der Waals surface area contributed by atoms with E-state index in [0.717, 1.165) is 29.8 Å². The molecule has 1 N–H and O–H groups in total. The molecule has 1 heterocycles. The third-order valence-corrected chi connectivity index (χ3v) is 3.36. The van der Waals surface area contributed by atoms with Gasteiger partial charge in [-0.05, 0) is 43.7 Å². The number of nitrogens with one attached hydrogen (secondary N) is 1. The van der Waals surface area contributed by atoms with Gasteiger partial charge in [0.05, 0.1) is 17.4 Å². The van der Waals surface area contributed by atoms with Crippen LogP contribution in [0, 0.1) is 5.82 Å². The molecule has 0 radical (unpaired) electrons. The van der Waals surface area contributed by atoms with E-state index in [4.69, 9.17) is 0 Å². The average molecular weight is 261 g/mol. The van der Waals surface area contributed by atoms with Crippen LogP contribution in [0.4, 0.5) is 4.39 Å². The lowest BCUT2D eigenvalue weighted by Crippen LogP contribution is -2.21. The maximum Gasteiger partial charge on any atom is 0.123 e. The third kappa shape index (κ3) is 3.20. The standard InChI is InChI=1S/C15H20FN3/c1-4-13-10-15(19(3)18-13)14(17-2)9-11-6-5-7-12(16)8-11/h5-8,10,14,17H,4,9H2,1-3H3. The molecule has 0 amide bonds. The van der Waals surface area contributed by atoms with Gasteiger partial charge in [-0.1, -0.05) is 19.1 Å². The Bertz CT molecular complexity index is 548. The van der Waals surface area contributed by atoms with Crippen molar-refractivity contribution < 1.29 is 4.39 Å². The topological polar surface area (TPSA) is 29.9 Å². The van der Waals surface area contributed by atoms with Gasteiger partial charge >= 0.3 is 0 Å². The quantitative estimate of drug-likeness (QED) is 0.896. The molecule has 0 spiro atoms. The minimum absolute atomic E-state index is 0.139. The van der Waals surface area contributed by atoms with E-state index in [-0.39, 0.29) is 11.9 Å². The number of aromatic nitrogens is 2. The Morgan fingerprint density at radius 1 is 1.37 bits per heavy atom. The first-order valence-electron chi connectivity index (χ1n) is 6.58. The molecule has 3 nitrogen and oxygen atoms in total. The second-order valence-corrected chi connectivity index (χ2v) is 4.71. The van der Waals surface area contributed by atoms with Crippen molar-refractivity contribution in [2.75, 3.05) is 7.05 Å². The highest BCUT2D eigenvalue weighted by Crippen LogP contribution is 2.19. The van der Waals surface area contributed by atoms with Crippen molar-refractivity contribution in [2.24, 2.45) is 7.05 Å². The minimum atomic E-state index is -0.188. The van der Waals surface area contributed by atoms with Crippen molar-refractivity contribution in [1.82, 2.24) is 15.1 Å². The number of benzene rings is 1. The van der Waals surface area contributed by atoms with Crippen LogP contribution in [0.15, 0.2) is 30.3 Å². The van der Waals surface area contributed by atoms with E-state index in [1.807, 2.05) is 24.8 Å². The summed E-state index contributed by atoms with van der Waals surface area (Å²) >= 11 is 0. The summed E-state index contributed by atoms with van der Waals surface area (Å²) in [5.41, 5.74) is 3.19. The van der Waals surface area contributed by atoms with Gasteiger partial charge in [-0.3, -0.25) is 4.68 Å². The van der Waals surface area contributed by atoms with Crippen LogP contribution in [0.2, 0.25) is 0 Å². The van der Waals surface area contributed by atoms with E-state index in [1.165, 1.54) is 6.07 Å². The van der Waals surface area contributed by atoms with E-state index >= 15 is 0 Å². The van der Waals surface area contributed by atoms with E-state index < -0.39 is 0 Å². The summed E-state index contributed by atoms with van der Waals surface area (Å²) in [6.45, 7) is 2.09. The average Bonchev–Trinajstić information content (AvgIpc) is 2.77.